The number of amides is 4. The number of nitrogens with one attached hydrogen (secondary N) is 3. The fourth-order valence-electron chi connectivity index (χ4n) is 3.24. The maximum atomic E-state index is 12.9. The van der Waals surface area contributed by atoms with Gasteiger partial charge in [-0.2, -0.15) is 10.0 Å². The molecule has 0 aromatic heterocycles. The van der Waals surface area contributed by atoms with Crippen molar-refractivity contribution in [1.29, 1.82) is 0 Å². The normalized spacial score (nSPS) is 14.4. The molecule has 1 fully saturated rings. The third kappa shape index (κ3) is 9.12. The molecule has 1 unspecified atom stereocenters. The number of benzene rings is 1. The summed E-state index contributed by atoms with van der Waals surface area (Å²) >= 11 is 0. The highest BCUT2D eigenvalue weighted by Gasteiger charge is 2.33. The van der Waals surface area contributed by atoms with Crippen LogP contribution in [0.4, 0.5) is 19.2 Å². The molecule has 1 saturated heterocycles. The maximum Gasteiger partial charge on any atom is 0.435 e. The average Bonchev–Trinajstić information content (AvgIpc) is 2.91. The van der Waals surface area contributed by atoms with Gasteiger partial charge in [0.1, 0.15) is 0 Å². The molecule has 0 saturated carbocycles. The number of hydrazine groups is 2. The molecule has 1 aliphatic rings. The van der Waals surface area contributed by atoms with Crippen molar-refractivity contribution in [1.82, 2.24) is 26.2 Å². The molecule has 0 aliphatic carbocycles. The lowest BCUT2D eigenvalue weighted by molar-refractivity contribution is 0.0277. The van der Waals surface area contributed by atoms with Gasteiger partial charge in [0.25, 0.3) is 0 Å². The third-order valence-corrected chi connectivity index (χ3v) is 4.85. The van der Waals surface area contributed by atoms with Crippen molar-refractivity contribution in [3.63, 3.8) is 0 Å². The Morgan fingerprint density at radius 3 is 1.79 bits per heavy atom. The highest BCUT2D eigenvalue weighted by molar-refractivity contribution is 5.81. The third-order valence-electron chi connectivity index (χ3n) is 4.85. The summed E-state index contributed by atoms with van der Waals surface area (Å²) in [5.41, 5.74) is 5.86. The van der Waals surface area contributed by atoms with Crippen LogP contribution in [0.5, 0.6) is 0 Å². The molecule has 0 radical (unpaired) electrons. The molecular formula is C24H35N5O9. The van der Waals surface area contributed by atoms with Gasteiger partial charge in [-0.25, -0.2) is 30.0 Å². The second kappa shape index (κ2) is 15.9. The zero-order valence-corrected chi connectivity index (χ0v) is 22.0. The van der Waals surface area contributed by atoms with Crippen LogP contribution in [0.1, 0.15) is 44.9 Å². The van der Waals surface area contributed by atoms with E-state index in [1.807, 2.05) is 12.1 Å². The molecule has 1 atom stereocenters. The summed E-state index contributed by atoms with van der Waals surface area (Å²) < 4.78 is 25.7. The lowest BCUT2D eigenvalue weighted by Crippen LogP contribution is -2.56. The number of nitrogens with zero attached hydrogens (tertiary/aromatic N) is 2. The number of morpholine rings is 1. The predicted molar refractivity (Wildman–Crippen MR) is 134 cm³/mol. The van der Waals surface area contributed by atoms with Gasteiger partial charge in [0.05, 0.1) is 39.1 Å². The van der Waals surface area contributed by atoms with Crippen LogP contribution in [0.15, 0.2) is 30.1 Å². The van der Waals surface area contributed by atoms with Crippen molar-refractivity contribution in [2.24, 2.45) is 0 Å². The van der Waals surface area contributed by atoms with Crippen molar-refractivity contribution < 1.29 is 42.9 Å². The van der Waals surface area contributed by atoms with Crippen LogP contribution < -0.4 is 16.2 Å². The summed E-state index contributed by atoms with van der Waals surface area (Å²) in [5, 5.41) is 4.49. The molecular weight excluding hydrogens is 502 g/mol. The highest BCUT2D eigenvalue weighted by Crippen LogP contribution is 2.21. The number of carbonyl (C=O) groups excluding carboxylic acids is 4. The minimum atomic E-state index is -1.06. The largest absolute Gasteiger partial charge is 0.449 e. The predicted octanol–water partition coefficient (Wildman–Crippen LogP) is 2.89. The summed E-state index contributed by atoms with van der Waals surface area (Å²) in [6.45, 7) is 8.18. The molecule has 2 rings (SSSR count). The molecule has 1 aliphatic heterocycles. The molecule has 14 nitrogen and oxygen atoms in total. The Morgan fingerprint density at radius 2 is 1.37 bits per heavy atom. The van der Waals surface area contributed by atoms with Crippen LogP contribution in [-0.4, -0.2) is 80.5 Å². The highest BCUT2D eigenvalue weighted by atomic mass is 16.6. The minimum absolute atomic E-state index is 0.00374. The van der Waals surface area contributed by atoms with Crippen LogP contribution in [0.25, 0.3) is 6.08 Å². The molecule has 38 heavy (non-hydrogen) atoms. The molecule has 210 valence electrons. The summed E-state index contributed by atoms with van der Waals surface area (Å²) in [7, 11) is 0. The van der Waals surface area contributed by atoms with Crippen molar-refractivity contribution in [2.45, 2.75) is 33.8 Å². The fourth-order valence-corrected chi connectivity index (χ4v) is 3.24. The van der Waals surface area contributed by atoms with Gasteiger partial charge >= 0.3 is 24.4 Å². The minimum Gasteiger partial charge on any atom is -0.449 e. The first kappa shape index (κ1) is 30.2. The van der Waals surface area contributed by atoms with Crippen molar-refractivity contribution in [2.75, 3.05) is 46.1 Å². The van der Waals surface area contributed by atoms with Gasteiger partial charge in [0, 0.05) is 13.1 Å². The van der Waals surface area contributed by atoms with Crippen LogP contribution in [0, 0.1) is 0 Å². The Balaban J connectivity index is 2.57. The van der Waals surface area contributed by atoms with E-state index < -0.39 is 24.4 Å². The quantitative estimate of drug-likeness (QED) is 0.333. The van der Waals surface area contributed by atoms with E-state index in [4.69, 9.17) is 23.7 Å². The molecule has 1 aromatic carbocycles. The smallest absolute Gasteiger partial charge is 0.435 e. The van der Waals surface area contributed by atoms with Gasteiger partial charge in [-0.1, -0.05) is 24.3 Å². The summed E-state index contributed by atoms with van der Waals surface area (Å²) in [6, 6.07) is 7.08. The second-order valence-electron chi connectivity index (χ2n) is 7.47. The Morgan fingerprint density at radius 1 is 0.868 bits per heavy atom. The molecule has 1 aromatic rings. The lowest BCUT2D eigenvalue weighted by Gasteiger charge is -2.31. The molecule has 0 spiro atoms. The van der Waals surface area contributed by atoms with Gasteiger partial charge in [-0.05, 0) is 44.9 Å². The summed E-state index contributed by atoms with van der Waals surface area (Å²) in [5.74, 6) is -0.341. The van der Waals surface area contributed by atoms with Crippen LogP contribution in [0.3, 0.4) is 0 Å². The van der Waals surface area contributed by atoms with Gasteiger partial charge in [0.2, 0.25) is 0 Å². The number of ether oxygens (including phenoxy) is 5. The molecule has 4 amide bonds. The Kier molecular flexibility index (Phi) is 12.7. The van der Waals surface area contributed by atoms with E-state index in [0.29, 0.717) is 28.7 Å². The fraction of sp³-hybridized carbons (Fsp3) is 0.500. The SMILES string of the molecule is CCOC(=O)NN(C(=O)OCC)C(=Cc1ccc(C2CNCCO2)cc1)N(NC(=O)OCC)C(=O)OCC. The molecule has 1 heterocycles. The number of carbonyl (C=O) groups is 4. The summed E-state index contributed by atoms with van der Waals surface area (Å²) in [4.78, 5) is 50.4. The first-order valence-corrected chi connectivity index (χ1v) is 12.3. The van der Waals surface area contributed by atoms with Crippen molar-refractivity contribution >= 4 is 30.4 Å². The molecule has 0 bridgehead atoms. The van der Waals surface area contributed by atoms with E-state index in [0.717, 1.165) is 12.1 Å². The number of hydrogen-bond donors (Lipinski definition) is 3. The van der Waals surface area contributed by atoms with E-state index in [-0.39, 0.29) is 38.4 Å². The molecule has 3 N–H and O–H groups in total. The topological polar surface area (TPSA) is 157 Å². The zero-order chi connectivity index (χ0) is 27.9. The van der Waals surface area contributed by atoms with Crippen LogP contribution in [-0.2, 0) is 23.7 Å². The van der Waals surface area contributed by atoms with Crippen molar-refractivity contribution in [3.05, 3.63) is 41.2 Å². The van der Waals surface area contributed by atoms with Crippen LogP contribution >= 0.6 is 0 Å². The molecule has 14 heteroatoms. The number of rotatable bonds is 8. The van der Waals surface area contributed by atoms with E-state index in [1.54, 1.807) is 39.8 Å². The van der Waals surface area contributed by atoms with Crippen molar-refractivity contribution in [3.8, 4) is 0 Å². The second-order valence-corrected chi connectivity index (χ2v) is 7.47. The first-order valence-electron chi connectivity index (χ1n) is 12.3. The monoisotopic (exact) mass is 537 g/mol. The zero-order valence-electron chi connectivity index (χ0n) is 22.0. The van der Waals surface area contributed by atoms with Gasteiger partial charge < -0.3 is 29.0 Å². The average molecular weight is 538 g/mol. The summed E-state index contributed by atoms with van der Waals surface area (Å²) in [6.07, 6.45) is -2.93. The Hall–Kier alpha value is -4.04. The standard InChI is InChI=1S/C24H35N5O9/c1-5-34-21(30)26-28(23(32)36-7-3)20(29(24(33)37-8-4)27-22(31)35-6-2)15-17-9-11-18(12-10-17)19-16-25-13-14-38-19/h9-12,15,19,25H,5-8,13-14,16H2,1-4H3,(H,26,30)(H,27,31). The lowest BCUT2D eigenvalue weighted by atomic mass is 10.1. The first-order chi connectivity index (χ1) is 18.3. The van der Waals surface area contributed by atoms with Gasteiger partial charge in [-0.3, -0.25) is 0 Å². The number of hydrogen-bond acceptors (Lipinski definition) is 10. The van der Waals surface area contributed by atoms with E-state index >= 15 is 0 Å². The van der Waals surface area contributed by atoms with E-state index in [1.165, 1.54) is 6.08 Å². The van der Waals surface area contributed by atoms with E-state index in [9.17, 15) is 19.2 Å². The Bertz CT molecular complexity index is 921. The van der Waals surface area contributed by atoms with E-state index in [2.05, 4.69) is 16.2 Å². The van der Waals surface area contributed by atoms with Crippen LogP contribution in [0.2, 0.25) is 0 Å². The Labute approximate surface area is 221 Å². The van der Waals surface area contributed by atoms with Gasteiger partial charge in [0.15, 0.2) is 5.82 Å². The maximum absolute atomic E-state index is 12.9. The van der Waals surface area contributed by atoms with Gasteiger partial charge in [-0.15, -0.1) is 0 Å².